The molecular formula is C30H31NOS2. The largest absolute Gasteiger partial charge is 0.497 e. The number of fused-ring (bicyclic) bond motifs is 3. The third-order valence-electron chi connectivity index (χ3n) is 8.54. The van der Waals surface area contributed by atoms with Gasteiger partial charge in [-0.2, -0.15) is 0 Å². The van der Waals surface area contributed by atoms with Crippen LogP contribution in [0, 0.1) is 11.3 Å². The summed E-state index contributed by atoms with van der Waals surface area (Å²) in [7, 11) is 1.77. The van der Waals surface area contributed by atoms with Crippen molar-refractivity contribution in [2.75, 3.05) is 7.11 Å². The van der Waals surface area contributed by atoms with E-state index in [1.807, 2.05) is 23.5 Å². The lowest BCUT2D eigenvalue weighted by molar-refractivity contribution is 0.0640. The molecule has 4 heteroatoms. The molecule has 3 aromatic rings. The number of benzene rings is 3. The van der Waals surface area contributed by atoms with Gasteiger partial charge in [0.1, 0.15) is 5.75 Å². The summed E-state index contributed by atoms with van der Waals surface area (Å²) in [6.07, 6.45) is 4.46. The standard InChI is InChI=1S/C30H31NOS2/c1-29-17-16-24-26(33-22-9-5-3-6-10-22)28(34-23-11-7-4-8-12-23)30(29,27(24)31)18-15-20-13-14-21(32-2)19-25(20)29/h3-14,19,24,27H,15-18,31H2,1-2H3/t24-,27?,29+,30-/m1/s1. The molecule has 0 heterocycles. The SMILES string of the molecule is COc1ccc2c(c1)[C@]1(C)CC[C@@H]3C(Sc4ccccc4)=C(Sc4ccccc4)[C@@]1(CC2)C3N. The Morgan fingerprint density at radius 3 is 2.24 bits per heavy atom. The van der Waals surface area contributed by atoms with Gasteiger partial charge < -0.3 is 10.5 Å². The van der Waals surface area contributed by atoms with Gasteiger partial charge in [-0.05, 0) is 73.2 Å². The van der Waals surface area contributed by atoms with Gasteiger partial charge in [-0.3, -0.25) is 0 Å². The maximum absolute atomic E-state index is 7.33. The van der Waals surface area contributed by atoms with Gasteiger partial charge >= 0.3 is 0 Å². The van der Waals surface area contributed by atoms with Crippen LogP contribution in [-0.2, 0) is 11.8 Å². The molecule has 1 unspecified atom stereocenters. The summed E-state index contributed by atoms with van der Waals surface area (Å²) in [5.74, 6) is 1.36. The van der Waals surface area contributed by atoms with Crippen LogP contribution in [0.1, 0.15) is 37.3 Å². The number of hydrogen-bond acceptors (Lipinski definition) is 4. The molecule has 6 rings (SSSR count). The Morgan fingerprint density at radius 2 is 1.56 bits per heavy atom. The molecular weight excluding hydrogens is 454 g/mol. The second-order valence-corrected chi connectivity index (χ2v) is 12.2. The summed E-state index contributed by atoms with van der Waals surface area (Å²) in [5.41, 5.74) is 10.2. The molecule has 0 aromatic heterocycles. The molecule has 1 spiro atoms. The van der Waals surface area contributed by atoms with Crippen molar-refractivity contribution in [3.8, 4) is 5.75 Å². The summed E-state index contributed by atoms with van der Waals surface area (Å²) in [4.78, 5) is 5.62. The zero-order valence-electron chi connectivity index (χ0n) is 19.8. The van der Waals surface area contributed by atoms with Crippen LogP contribution >= 0.6 is 23.5 Å². The van der Waals surface area contributed by atoms with Crippen molar-refractivity contribution in [2.24, 2.45) is 17.1 Å². The Balaban J connectivity index is 1.55. The topological polar surface area (TPSA) is 35.2 Å². The summed E-state index contributed by atoms with van der Waals surface area (Å²) in [6, 6.07) is 28.5. The van der Waals surface area contributed by atoms with Crippen molar-refractivity contribution in [3.05, 3.63) is 99.8 Å². The number of nitrogens with two attached hydrogens (primary N) is 1. The molecule has 3 aliphatic rings. The fraction of sp³-hybridized carbons (Fsp3) is 0.333. The van der Waals surface area contributed by atoms with E-state index < -0.39 is 0 Å². The average Bonchev–Trinajstić information content (AvgIpc) is 3.02. The Labute approximate surface area is 211 Å². The molecule has 2 bridgehead atoms. The van der Waals surface area contributed by atoms with Gasteiger partial charge in [0.05, 0.1) is 7.11 Å². The lowest BCUT2D eigenvalue weighted by Gasteiger charge is -2.58. The van der Waals surface area contributed by atoms with Crippen LogP contribution in [0.5, 0.6) is 5.75 Å². The molecule has 2 N–H and O–H groups in total. The predicted octanol–water partition coefficient (Wildman–Crippen LogP) is 7.43. The zero-order chi connectivity index (χ0) is 23.3. The predicted molar refractivity (Wildman–Crippen MR) is 143 cm³/mol. The van der Waals surface area contributed by atoms with Crippen molar-refractivity contribution in [2.45, 2.75) is 53.9 Å². The molecule has 3 aromatic carbocycles. The number of rotatable bonds is 5. The van der Waals surface area contributed by atoms with Crippen LogP contribution in [0.25, 0.3) is 0 Å². The molecule has 0 saturated heterocycles. The highest BCUT2D eigenvalue weighted by atomic mass is 32.2. The first-order chi connectivity index (χ1) is 16.6. The summed E-state index contributed by atoms with van der Waals surface area (Å²) in [5, 5.41) is 0. The summed E-state index contributed by atoms with van der Waals surface area (Å²) >= 11 is 3.92. The minimum atomic E-state index is -0.0626. The zero-order valence-corrected chi connectivity index (χ0v) is 21.4. The Bertz CT molecular complexity index is 1240. The van der Waals surface area contributed by atoms with Gasteiger partial charge in [-0.1, -0.05) is 72.9 Å². The maximum atomic E-state index is 7.33. The van der Waals surface area contributed by atoms with Crippen LogP contribution in [0.4, 0.5) is 0 Å². The van der Waals surface area contributed by atoms with Crippen molar-refractivity contribution in [3.63, 3.8) is 0 Å². The Kier molecular flexibility index (Phi) is 5.59. The van der Waals surface area contributed by atoms with E-state index in [1.165, 1.54) is 30.7 Å². The van der Waals surface area contributed by atoms with Gasteiger partial charge in [-0.25, -0.2) is 0 Å². The first kappa shape index (κ1) is 22.3. The molecule has 3 aliphatic carbocycles. The van der Waals surface area contributed by atoms with E-state index >= 15 is 0 Å². The van der Waals surface area contributed by atoms with E-state index in [0.29, 0.717) is 5.92 Å². The van der Waals surface area contributed by atoms with Crippen LogP contribution in [-0.4, -0.2) is 13.2 Å². The van der Waals surface area contributed by atoms with E-state index in [4.69, 9.17) is 10.5 Å². The van der Waals surface area contributed by atoms with Crippen LogP contribution in [0.3, 0.4) is 0 Å². The highest BCUT2D eigenvalue weighted by Gasteiger charge is 2.66. The lowest BCUT2D eigenvalue weighted by atomic mass is 9.48. The number of methoxy groups -OCH3 is 1. The fourth-order valence-corrected chi connectivity index (χ4v) is 9.72. The van der Waals surface area contributed by atoms with Crippen LogP contribution in [0.15, 0.2) is 98.5 Å². The molecule has 1 saturated carbocycles. The summed E-state index contributed by atoms with van der Waals surface area (Å²) < 4.78 is 5.68. The van der Waals surface area contributed by atoms with Crippen molar-refractivity contribution in [1.29, 1.82) is 0 Å². The monoisotopic (exact) mass is 485 g/mol. The Morgan fingerprint density at radius 1 is 0.882 bits per heavy atom. The van der Waals surface area contributed by atoms with Gasteiger partial charge in [0.25, 0.3) is 0 Å². The first-order valence-electron chi connectivity index (χ1n) is 12.2. The minimum Gasteiger partial charge on any atom is -0.497 e. The lowest BCUT2D eigenvalue weighted by Crippen LogP contribution is -2.60. The molecule has 1 fully saturated rings. The van der Waals surface area contributed by atoms with E-state index in [-0.39, 0.29) is 16.9 Å². The van der Waals surface area contributed by atoms with E-state index in [2.05, 4.69) is 85.8 Å². The smallest absolute Gasteiger partial charge is 0.119 e. The number of ether oxygens (including phenoxy) is 1. The molecule has 174 valence electrons. The second-order valence-electron chi connectivity index (χ2n) is 10.0. The van der Waals surface area contributed by atoms with E-state index in [0.717, 1.165) is 31.4 Å². The Hall–Kier alpha value is -2.14. The van der Waals surface area contributed by atoms with Gasteiger partial charge in [-0.15, -0.1) is 0 Å². The molecule has 0 radical (unpaired) electrons. The molecule has 2 nitrogen and oxygen atoms in total. The highest BCUT2D eigenvalue weighted by Crippen LogP contribution is 2.71. The first-order valence-corrected chi connectivity index (χ1v) is 13.8. The van der Waals surface area contributed by atoms with Crippen molar-refractivity contribution < 1.29 is 4.74 Å². The number of aryl methyl sites for hydroxylation is 1. The van der Waals surface area contributed by atoms with E-state index in [9.17, 15) is 0 Å². The summed E-state index contributed by atoms with van der Waals surface area (Å²) in [6.45, 7) is 2.49. The molecule has 4 atom stereocenters. The minimum absolute atomic E-state index is 0.0127. The molecule has 0 aliphatic heterocycles. The van der Waals surface area contributed by atoms with Crippen molar-refractivity contribution >= 4 is 23.5 Å². The maximum Gasteiger partial charge on any atom is 0.119 e. The average molecular weight is 486 g/mol. The third-order valence-corrected chi connectivity index (χ3v) is 11.2. The third kappa shape index (κ3) is 3.22. The molecule has 34 heavy (non-hydrogen) atoms. The highest BCUT2D eigenvalue weighted by molar-refractivity contribution is 8.06. The normalized spacial score (nSPS) is 29.5. The van der Waals surface area contributed by atoms with Gasteiger partial charge in [0, 0.05) is 42.4 Å². The van der Waals surface area contributed by atoms with Gasteiger partial charge in [0.2, 0.25) is 0 Å². The second kappa shape index (κ2) is 8.51. The number of hydrogen-bond donors (Lipinski definition) is 1. The quantitative estimate of drug-likeness (QED) is 0.407. The van der Waals surface area contributed by atoms with Crippen LogP contribution in [0.2, 0.25) is 0 Å². The van der Waals surface area contributed by atoms with Gasteiger partial charge in [0.15, 0.2) is 0 Å². The van der Waals surface area contributed by atoms with Crippen LogP contribution < -0.4 is 10.5 Å². The molecule has 0 amide bonds. The number of thioether (sulfide) groups is 2. The van der Waals surface area contributed by atoms with E-state index in [1.54, 1.807) is 7.11 Å². The van der Waals surface area contributed by atoms with Crippen molar-refractivity contribution in [1.82, 2.24) is 0 Å². The fourth-order valence-electron chi connectivity index (χ4n) is 6.80.